The van der Waals surface area contributed by atoms with Gasteiger partial charge in [-0.1, -0.05) is 46.1 Å². The van der Waals surface area contributed by atoms with E-state index in [1.54, 1.807) is 0 Å². The van der Waals surface area contributed by atoms with Gasteiger partial charge in [0, 0.05) is 6.54 Å². The second kappa shape index (κ2) is 7.14. The van der Waals surface area contributed by atoms with Crippen molar-refractivity contribution < 1.29 is 0 Å². The Morgan fingerprint density at radius 1 is 1.33 bits per heavy atom. The Balaban J connectivity index is 1.68. The van der Waals surface area contributed by atoms with Gasteiger partial charge in [0.1, 0.15) is 0 Å². The maximum atomic E-state index is 5.79. The molecule has 3 rings (SSSR count). The molecule has 2 aromatic rings. The highest BCUT2D eigenvalue weighted by Crippen LogP contribution is 2.40. The molecular weight excluding hydrogens is 296 g/mol. The van der Waals surface area contributed by atoms with Gasteiger partial charge < -0.3 is 15.6 Å². The fourth-order valence-electron chi connectivity index (χ4n) is 4.10. The van der Waals surface area contributed by atoms with Crippen LogP contribution in [0.4, 0.5) is 5.95 Å². The van der Waals surface area contributed by atoms with Crippen LogP contribution in [0.3, 0.4) is 0 Å². The number of benzene rings is 1. The standard InChI is InChI=1S/C20H32N4/c1-4-5-6-7-11-24-12-10-20(3,15(2)14-24)16-8-9-17-18(13-16)23-19(21)22-17/h8-9,13,15H,4-7,10-12,14H2,1-3H3,(H3,21,22,23)/t15-,20-/m0/s1. The highest BCUT2D eigenvalue weighted by Gasteiger charge is 2.37. The molecule has 0 bridgehead atoms. The zero-order valence-corrected chi connectivity index (χ0v) is 15.4. The molecule has 4 heteroatoms. The van der Waals surface area contributed by atoms with Crippen LogP contribution in [0.2, 0.25) is 0 Å². The lowest BCUT2D eigenvalue weighted by Crippen LogP contribution is -2.47. The van der Waals surface area contributed by atoms with E-state index in [1.165, 1.54) is 57.3 Å². The lowest BCUT2D eigenvalue weighted by atomic mass is 9.68. The number of fused-ring (bicyclic) bond motifs is 1. The molecule has 1 aromatic carbocycles. The molecule has 2 heterocycles. The second-order valence-electron chi connectivity index (χ2n) is 7.78. The van der Waals surface area contributed by atoms with Crippen molar-refractivity contribution >= 4 is 17.0 Å². The maximum absolute atomic E-state index is 5.79. The number of nitrogen functional groups attached to an aromatic ring is 1. The minimum absolute atomic E-state index is 0.230. The molecule has 1 aliphatic rings. The number of H-pyrrole nitrogens is 1. The van der Waals surface area contributed by atoms with Gasteiger partial charge in [-0.3, -0.25) is 0 Å². The van der Waals surface area contributed by atoms with Gasteiger partial charge in [-0.25, -0.2) is 4.98 Å². The summed E-state index contributed by atoms with van der Waals surface area (Å²) < 4.78 is 0. The summed E-state index contributed by atoms with van der Waals surface area (Å²) in [6, 6.07) is 6.61. The molecular formula is C20H32N4. The predicted octanol–water partition coefficient (Wildman–Crippen LogP) is 4.32. The van der Waals surface area contributed by atoms with Crippen molar-refractivity contribution in [2.45, 2.75) is 58.3 Å². The van der Waals surface area contributed by atoms with Crippen molar-refractivity contribution in [2.24, 2.45) is 5.92 Å². The van der Waals surface area contributed by atoms with Crippen LogP contribution in [-0.2, 0) is 5.41 Å². The van der Waals surface area contributed by atoms with Gasteiger partial charge in [-0.05, 0) is 55.0 Å². The quantitative estimate of drug-likeness (QED) is 0.776. The van der Waals surface area contributed by atoms with E-state index < -0.39 is 0 Å². The first kappa shape index (κ1) is 17.3. The largest absolute Gasteiger partial charge is 0.369 e. The van der Waals surface area contributed by atoms with Gasteiger partial charge in [-0.15, -0.1) is 0 Å². The summed E-state index contributed by atoms with van der Waals surface area (Å²) in [5.41, 5.74) is 9.45. The number of nitrogens with zero attached hydrogens (tertiary/aromatic N) is 2. The lowest BCUT2D eigenvalue weighted by molar-refractivity contribution is 0.109. The molecule has 24 heavy (non-hydrogen) atoms. The number of unbranched alkanes of at least 4 members (excludes halogenated alkanes) is 3. The molecule has 1 aromatic heterocycles. The van der Waals surface area contributed by atoms with E-state index in [4.69, 9.17) is 5.73 Å². The Morgan fingerprint density at radius 2 is 2.17 bits per heavy atom. The molecule has 1 fully saturated rings. The number of hydrogen-bond donors (Lipinski definition) is 2. The summed E-state index contributed by atoms with van der Waals surface area (Å²) in [5, 5.41) is 0. The van der Waals surface area contributed by atoms with E-state index in [1.807, 2.05) is 0 Å². The zero-order valence-electron chi connectivity index (χ0n) is 15.4. The van der Waals surface area contributed by atoms with Crippen molar-refractivity contribution in [3.05, 3.63) is 23.8 Å². The van der Waals surface area contributed by atoms with E-state index in [0.717, 1.165) is 11.0 Å². The number of piperidine rings is 1. The molecule has 0 saturated carbocycles. The summed E-state index contributed by atoms with van der Waals surface area (Å²) in [4.78, 5) is 10.2. The summed E-state index contributed by atoms with van der Waals surface area (Å²) >= 11 is 0. The third kappa shape index (κ3) is 3.44. The molecule has 0 amide bonds. The maximum Gasteiger partial charge on any atom is 0.198 e. The van der Waals surface area contributed by atoms with Crippen LogP contribution in [0.15, 0.2) is 18.2 Å². The number of nitrogens with one attached hydrogen (secondary N) is 1. The minimum Gasteiger partial charge on any atom is -0.369 e. The summed E-state index contributed by atoms with van der Waals surface area (Å²) in [7, 11) is 0. The molecule has 0 radical (unpaired) electrons. The Labute approximate surface area is 145 Å². The second-order valence-corrected chi connectivity index (χ2v) is 7.78. The average molecular weight is 329 g/mol. The molecule has 4 nitrogen and oxygen atoms in total. The van der Waals surface area contributed by atoms with Crippen molar-refractivity contribution in [2.75, 3.05) is 25.4 Å². The van der Waals surface area contributed by atoms with Gasteiger partial charge >= 0.3 is 0 Å². The highest BCUT2D eigenvalue weighted by molar-refractivity contribution is 5.78. The van der Waals surface area contributed by atoms with Gasteiger partial charge in [0.15, 0.2) is 5.95 Å². The Morgan fingerprint density at radius 3 is 2.92 bits per heavy atom. The number of likely N-dealkylation sites (tertiary alicyclic amines) is 1. The topological polar surface area (TPSA) is 57.9 Å². The number of anilines is 1. The van der Waals surface area contributed by atoms with Gasteiger partial charge in [-0.2, -0.15) is 0 Å². The monoisotopic (exact) mass is 328 g/mol. The Hall–Kier alpha value is -1.55. The van der Waals surface area contributed by atoms with Gasteiger partial charge in [0.25, 0.3) is 0 Å². The Kier molecular flexibility index (Phi) is 5.14. The van der Waals surface area contributed by atoms with E-state index >= 15 is 0 Å². The van der Waals surface area contributed by atoms with Crippen LogP contribution in [0.25, 0.3) is 11.0 Å². The van der Waals surface area contributed by atoms with Crippen LogP contribution < -0.4 is 5.73 Å². The number of aromatic amines is 1. The van der Waals surface area contributed by atoms with E-state index in [2.05, 4.69) is 53.8 Å². The lowest BCUT2D eigenvalue weighted by Gasteiger charge is -2.45. The normalized spacial score (nSPS) is 25.4. The van der Waals surface area contributed by atoms with Crippen LogP contribution >= 0.6 is 0 Å². The predicted molar refractivity (Wildman–Crippen MR) is 102 cm³/mol. The van der Waals surface area contributed by atoms with Crippen LogP contribution in [0.1, 0.15) is 58.4 Å². The number of aromatic nitrogens is 2. The van der Waals surface area contributed by atoms with Crippen LogP contribution in [-0.4, -0.2) is 34.5 Å². The summed E-state index contributed by atoms with van der Waals surface area (Å²) in [6.07, 6.45) is 6.62. The summed E-state index contributed by atoms with van der Waals surface area (Å²) in [6.45, 7) is 10.8. The van der Waals surface area contributed by atoms with E-state index in [9.17, 15) is 0 Å². The first-order chi connectivity index (χ1) is 11.5. The fraction of sp³-hybridized carbons (Fsp3) is 0.650. The third-order valence-electron chi connectivity index (χ3n) is 6.05. The van der Waals surface area contributed by atoms with Crippen molar-refractivity contribution in [1.29, 1.82) is 0 Å². The average Bonchev–Trinajstić information content (AvgIpc) is 2.94. The number of rotatable bonds is 6. The van der Waals surface area contributed by atoms with Gasteiger partial charge in [0.05, 0.1) is 11.0 Å². The van der Waals surface area contributed by atoms with Crippen molar-refractivity contribution in [3.8, 4) is 0 Å². The third-order valence-corrected chi connectivity index (χ3v) is 6.05. The van der Waals surface area contributed by atoms with Crippen LogP contribution in [0, 0.1) is 5.92 Å². The fourth-order valence-corrected chi connectivity index (χ4v) is 4.10. The molecule has 3 N–H and O–H groups in total. The Bertz CT molecular complexity index is 677. The minimum atomic E-state index is 0.230. The number of hydrogen-bond acceptors (Lipinski definition) is 3. The van der Waals surface area contributed by atoms with Crippen molar-refractivity contribution in [1.82, 2.24) is 14.9 Å². The van der Waals surface area contributed by atoms with E-state index in [0.29, 0.717) is 11.9 Å². The number of imidazole rings is 1. The van der Waals surface area contributed by atoms with Gasteiger partial charge in [0.2, 0.25) is 0 Å². The molecule has 132 valence electrons. The first-order valence-corrected chi connectivity index (χ1v) is 9.51. The first-order valence-electron chi connectivity index (χ1n) is 9.51. The van der Waals surface area contributed by atoms with E-state index in [-0.39, 0.29) is 5.41 Å². The van der Waals surface area contributed by atoms with Crippen molar-refractivity contribution in [3.63, 3.8) is 0 Å². The highest BCUT2D eigenvalue weighted by atomic mass is 15.1. The SMILES string of the molecule is CCCCCCN1CC[C@](C)(c2ccc3nc(N)[nH]c3c2)[C@@H](C)C1. The van der Waals surface area contributed by atoms with Crippen LogP contribution in [0.5, 0.6) is 0 Å². The molecule has 1 saturated heterocycles. The smallest absolute Gasteiger partial charge is 0.198 e. The molecule has 0 aliphatic carbocycles. The molecule has 1 aliphatic heterocycles. The molecule has 2 atom stereocenters. The zero-order chi connectivity index (χ0) is 17.2. The molecule has 0 spiro atoms. The number of nitrogens with two attached hydrogens (primary N) is 1. The summed E-state index contributed by atoms with van der Waals surface area (Å²) in [5.74, 6) is 1.15. The molecule has 0 unspecified atom stereocenters.